The number of rotatable bonds is 3. The van der Waals surface area contributed by atoms with Crippen molar-refractivity contribution in [3.8, 4) is 0 Å². The average Bonchev–Trinajstić information content (AvgIpc) is 3.29. The van der Waals surface area contributed by atoms with Crippen LogP contribution in [0.1, 0.15) is 31.2 Å². The first-order chi connectivity index (χ1) is 10.0. The van der Waals surface area contributed by atoms with Crippen molar-refractivity contribution in [2.24, 2.45) is 5.92 Å². The number of carbonyl (C=O) groups is 2. The molecule has 0 unspecified atom stereocenters. The van der Waals surface area contributed by atoms with E-state index in [-0.39, 0.29) is 5.91 Å². The first kappa shape index (κ1) is 14.4. The lowest BCUT2D eigenvalue weighted by Crippen LogP contribution is -2.46. The number of hydrogen-bond acceptors (Lipinski definition) is 2. The highest BCUT2D eigenvalue weighted by atomic mass is 35.5. The molecule has 112 valence electrons. The molecule has 1 aliphatic carbocycles. The van der Waals surface area contributed by atoms with Crippen LogP contribution in [0.4, 0.5) is 0 Å². The normalized spacial score (nSPS) is 23.7. The van der Waals surface area contributed by atoms with Crippen molar-refractivity contribution in [3.63, 3.8) is 0 Å². The van der Waals surface area contributed by atoms with Gasteiger partial charge in [0.25, 0.3) is 0 Å². The van der Waals surface area contributed by atoms with Crippen LogP contribution >= 0.6 is 11.6 Å². The number of likely N-dealkylation sites (tertiary alicyclic amines) is 1. The Balaban J connectivity index is 1.78. The van der Waals surface area contributed by atoms with Crippen LogP contribution in [0, 0.1) is 5.92 Å². The van der Waals surface area contributed by atoms with E-state index in [9.17, 15) is 9.59 Å². The quantitative estimate of drug-likeness (QED) is 0.934. The van der Waals surface area contributed by atoms with Crippen LogP contribution in [0.25, 0.3) is 0 Å². The Labute approximate surface area is 128 Å². The summed E-state index contributed by atoms with van der Waals surface area (Å²) in [6.07, 6.45) is 3.09. The Kier molecular flexibility index (Phi) is 3.66. The molecule has 1 amide bonds. The zero-order chi connectivity index (χ0) is 15.0. The van der Waals surface area contributed by atoms with Gasteiger partial charge in [-0.05, 0) is 43.4 Å². The Morgan fingerprint density at radius 2 is 1.90 bits per heavy atom. The maximum absolute atomic E-state index is 12.8. The summed E-state index contributed by atoms with van der Waals surface area (Å²) >= 11 is 5.90. The monoisotopic (exact) mass is 307 g/mol. The third-order valence-electron chi connectivity index (χ3n) is 4.61. The molecule has 1 aromatic rings. The highest BCUT2D eigenvalue weighted by Gasteiger charge is 2.53. The maximum atomic E-state index is 12.8. The zero-order valence-corrected chi connectivity index (χ0v) is 12.5. The van der Waals surface area contributed by atoms with Gasteiger partial charge in [0.05, 0.1) is 11.3 Å². The van der Waals surface area contributed by atoms with Crippen molar-refractivity contribution in [1.29, 1.82) is 0 Å². The minimum absolute atomic E-state index is 0.0794. The van der Waals surface area contributed by atoms with Gasteiger partial charge < -0.3 is 10.0 Å². The predicted molar refractivity (Wildman–Crippen MR) is 79.3 cm³/mol. The highest BCUT2D eigenvalue weighted by molar-refractivity contribution is 6.30. The summed E-state index contributed by atoms with van der Waals surface area (Å²) in [7, 11) is 0. The second kappa shape index (κ2) is 5.34. The van der Waals surface area contributed by atoms with Crippen molar-refractivity contribution < 1.29 is 14.7 Å². The number of halogens is 1. The summed E-state index contributed by atoms with van der Waals surface area (Å²) in [4.78, 5) is 25.7. The second-order valence-electron chi connectivity index (χ2n) is 6.02. The summed E-state index contributed by atoms with van der Waals surface area (Å²) in [6.45, 7) is 1.00. The molecule has 4 nitrogen and oxygen atoms in total. The van der Waals surface area contributed by atoms with Crippen LogP contribution < -0.4 is 0 Å². The second-order valence-corrected chi connectivity index (χ2v) is 6.45. The van der Waals surface area contributed by atoms with Gasteiger partial charge in [-0.15, -0.1) is 0 Å². The fourth-order valence-electron chi connectivity index (χ4n) is 3.19. The molecule has 21 heavy (non-hydrogen) atoms. The summed E-state index contributed by atoms with van der Waals surface area (Å²) in [6, 6.07) is 7.43. The van der Waals surface area contributed by atoms with E-state index < -0.39 is 17.3 Å². The fraction of sp³-hybridized carbons (Fsp3) is 0.500. The molecule has 0 aromatic heterocycles. The molecule has 3 rings (SSSR count). The van der Waals surface area contributed by atoms with Crippen molar-refractivity contribution in [3.05, 3.63) is 34.9 Å². The van der Waals surface area contributed by atoms with Gasteiger partial charge in [0.1, 0.15) is 0 Å². The number of carbonyl (C=O) groups excluding carboxylic acids is 1. The predicted octanol–water partition coefficient (Wildman–Crippen LogP) is 2.69. The van der Waals surface area contributed by atoms with Crippen LogP contribution in [0.3, 0.4) is 0 Å². The Morgan fingerprint density at radius 3 is 2.48 bits per heavy atom. The summed E-state index contributed by atoms with van der Waals surface area (Å²) in [5, 5.41) is 9.81. The highest BCUT2D eigenvalue weighted by Crippen LogP contribution is 2.50. The summed E-state index contributed by atoms with van der Waals surface area (Å²) in [5.41, 5.74) is 0.555. The molecule has 0 bridgehead atoms. The van der Waals surface area contributed by atoms with E-state index in [1.54, 1.807) is 17.0 Å². The van der Waals surface area contributed by atoms with Crippen LogP contribution in [0.2, 0.25) is 5.02 Å². The molecule has 1 saturated heterocycles. The van der Waals surface area contributed by atoms with Crippen molar-refractivity contribution >= 4 is 23.5 Å². The molecule has 5 heteroatoms. The molecule has 2 aliphatic rings. The van der Waals surface area contributed by atoms with E-state index in [0.29, 0.717) is 24.5 Å². The Morgan fingerprint density at radius 1 is 1.24 bits per heavy atom. The number of aliphatic carboxylic acids is 1. The molecule has 1 aliphatic heterocycles. The van der Waals surface area contributed by atoms with Crippen LogP contribution in [-0.4, -0.2) is 35.0 Å². The molecule has 0 spiro atoms. The van der Waals surface area contributed by atoms with Gasteiger partial charge in [0.15, 0.2) is 0 Å². The van der Waals surface area contributed by atoms with Gasteiger partial charge in [-0.2, -0.15) is 0 Å². The molecule has 1 saturated carbocycles. The van der Waals surface area contributed by atoms with Crippen molar-refractivity contribution in [2.45, 2.75) is 31.1 Å². The van der Waals surface area contributed by atoms with Gasteiger partial charge in [0, 0.05) is 18.1 Å². The molecule has 1 N–H and O–H groups in total. The van der Waals surface area contributed by atoms with E-state index in [1.807, 2.05) is 12.1 Å². The third-order valence-corrected chi connectivity index (χ3v) is 4.87. The number of piperidine rings is 1. The first-order valence-corrected chi connectivity index (χ1v) is 7.69. The number of amides is 1. The molecular weight excluding hydrogens is 290 g/mol. The van der Waals surface area contributed by atoms with E-state index >= 15 is 0 Å². The van der Waals surface area contributed by atoms with Gasteiger partial charge >= 0.3 is 5.97 Å². The first-order valence-electron chi connectivity index (χ1n) is 7.31. The van der Waals surface area contributed by atoms with Gasteiger partial charge in [-0.3, -0.25) is 9.59 Å². The van der Waals surface area contributed by atoms with Crippen molar-refractivity contribution in [2.75, 3.05) is 13.1 Å². The summed E-state index contributed by atoms with van der Waals surface area (Å²) in [5.74, 6) is -1.15. The van der Waals surface area contributed by atoms with Gasteiger partial charge in [-0.1, -0.05) is 23.7 Å². The Bertz CT molecular complexity index is 565. The zero-order valence-electron chi connectivity index (χ0n) is 11.7. The standard InChI is InChI=1S/C16H18ClNO3/c17-13-5-3-12(4-6-13)16(7-8-16)15(21)18-9-1-2-11(10-18)14(19)20/h3-6,11H,1-2,7-10H2,(H,19,20)/t11-/m1/s1. The van der Waals surface area contributed by atoms with Gasteiger partial charge in [0.2, 0.25) is 5.91 Å². The number of hydrogen-bond donors (Lipinski definition) is 1. The van der Waals surface area contributed by atoms with Crippen LogP contribution in [0.5, 0.6) is 0 Å². The number of carboxylic acid groups (broad SMARTS) is 1. The lowest BCUT2D eigenvalue weighted by atomic mass is 9.91. The molecule has 1 aromatic carbocycles. The average molecular weight is 308 g/mol. The molecule has 0 radical (unpaired) electrons. The summed E-state index contributed by atoms with van der Waals surface area (Å²) < 4.78 is 0. The fourth-order valence-corrected chi connectivity index (χ4v) is 3.31. The van der Waals surface area contributed by atoms with E-state index in [2.05, 4.69) is 0 Å². The van der Waals surface area contributed by atoms with Gasteiger partial charge in [-0.25, -0.2) is 0 Å². The Hall–Kier alpha value is -1.55. The smallest absolute Gasteiger partial charge is 0.308 e. The van der Waals surface area contributed by atoms with Crippen LogP contribution in [0.15, 0.2) is 24.3 Å². The SMILES string of the molecule is O=C(O)[C@@H]1CCCN(C(=O)C2(c3ccc(Cl)cc3)CC2)C1. The topological polar surface area (TPSA) is 57.6 Å². The van der Waals surface area contributed by atoms with Crippen molar-refractivity contribution in [1.82, 2.24) is 4.90 Å². The van der Waals surface area contributed by atoms with E-state index in [4.69, 9.17) is 16.7 Å². The molecule has 2 fully saturated rings. The maximum Gasteiger partial charge on any atom is 0.308 e. The van der Waals surface area contributed by atoms with E-state index in [1.165, 1.54) is 0 Å². The number of carboxylic acids is 1. The number of nitrogens with zero attached hydrogens (tertiary/aromatic N) is 1. The lowest BCUT2D eigenvalue weighted by molar-refractivity contribution is -0.146. The lowest BCUT2D eigenvalue weighted by Gasteiger charge is -2.33. The van der Waals surface area contributed by atoms with E-state index in [0.717, 1.165) is 24.8 Å². The molecule has 1 atom stereocenters. The largest absolute Gasteiger partial charge is 0.481 e. The minimum Gasteiger partial charge on any atom is -0.481 e. The minimum atomic E-state index is -0.802. The molecular formula is C16H18ClNO3. The van der Waals surface area contributed by atoms with Crippen LogP contribution in [-0.2, 0) is 15.0 Å². The molecule has 1 heterocycles. The number of benzene rings is 1. The third kappa shape index (κ3) is 2.64.